The molecule has 1 unspecified atom stereocenters. The van der Waals surface area contributed by atoms with Gasteiger partial charge >= 0.3 is 8.56 Å². The Labute approximate surface area is 172 Å². The summed E-state index contributed by atoms with van der Waals surface area (Å²) in [5.74, 6) is 0. The Hall–Kier alpha value is -0.123. The van der Waals surface area contributed by atoms with Gasteiger partial charge in [0.15, 0.2) is 0 Å². The smallest absolute Gasteiger partial charge is 0.361 e. The van der Waals surface area contributed by atoms with E-state index in [0.29, 0.717) is 0 Å². The minimum absolute atomic E-state index is 0.832. The summed E-state index contributed by atoms with van der Waals surface area (Å²) in [5, 5.41) is 0. The molecule has 0 radical (unpaired) electrons. The third kappa shape index (κ3) is 19.0. The molecular formula is C24H50O2Si. The third-order valence-corrected chi connectivity index (χ3v) is 7.69. The fourth-order valence-corrected chi connectivity index (χ4v) is 4.78. The zero-order valence-corrected chi connectivity index (χ0v) is 20.0. The molecule has 0 aromatic carbocycles. The first-order chi connectivity index (χ1) is 13.2. The third-order valence-electron chi connectivity index (χ3n) is 5.39. The van der Waals surface area contributed by atoms with Crippen molar-refractivity contribution in [1.29, 1.82) is 0 Å². The van der Waals surface area contributed by atoms with Crippen molar-refractivity contribution in [2.75, 3.05) is 13.2 Å². The van der Waals surface area contributed by atoms with E-state index in [1.165, 1.54) is 96.3 Å². The van der Waals surface area contributed by atoms with Crippen LogP contribution in [0.4, 0.5) is 0 Å². The molecule has 0 aliphatic rings. The average Bonchev–Trinajstić information content (AvgIpc) is 2.68. The van der Waals surface area contributed by atoms with Crippen molar-refractivity contribution in [1.82, 2.24) is 0 Å². The van der Waals surface area contributed by atoms with E-state index < -0.39 is 8.56 Å². The Balaban J connectivity index is 3.46. The molecule has 0 rings (SSSR count). The van der Waals surface area contributed by atoms with Gasteiger partial charge in [-0.15, -0.1) is 6.58 Å². The zero-order valence-electron chi connectivity index (χ0n) is 19.0. The van der Waals surface area contributed by atoms with Crippen LogP contribution in [0.25, 0.3) is 0 Å². The molecule has 0 saturated carbocycles. The van der Waals surface area contributed by atoms with Gasteiger partial charge in [-0.2, -0.15) is 0 Å². The summed E-state index contributed by atoms with van der Waals surface area (Å²) >= 11 is 0. The lowest BCUT2D eigenvalue weighted by Crippen LogP contribution is -2.37. The highest BCUT2D eigenvalue weighted by molar-refractivity contribution is 6.71. The van der Waals surface area contributed by atoms with Gasteiger partial charge in [0.1, 0.15) is 0 Å². The first-order valence-electron chi connectivity index (χ1n) is 12.1. The molecule has 2 nitrogen and oxygen atoms in total. The molecule has 0 aromatic rings. The quantitative estimate of drug-likeness (QED) is 0.134. The topological polar surface area (TPSA) is 18.5 Å². The summed E-state index contributed by atoms with van der Waals surface area (Å²) in [6.45, 7) is 12.3. The van der Waals surface area contributed by atoms with Crippen LogP contribution < -0.4 is 0 Å². The Morgan fingerprint density at radius 1 is 0.556 bits per heavy atom. The predicted molar refractivity (Wildman–Crippen MR) is 124 cm³/mol. The summed E-state index contributed by atoms with van der Waals surface area (Å²) in [7, 11) is -2.13. The van der Waals surface area contributed by atoms with Gasteiger partial charge in [-0.25, -0.2) is 0 Å². The van der Waals surface area contributed by atoms with Crippen LogP contribution >= 0.6 is 0 Å². The van der Waals surface area contributed by atoms with Crippen molar-refractivity contribution in [2.45, 2.75) is 130 Å². The van der Waals surface area contributed by atoms with E-state index in [1.807, 2.05) is 5.70 Å². The summed E-state index contributed by atoms with van der Waals surface area (Å²) in [6.07, 6.45) is 22.9. The highest BCUT2D eigenvalue weighted by atomic mass is 28.4. The van der Waals surface area contributed by atoms with E-state index >= 15 is 0 Å². The van der Waals surface area contributed by atoms with Crippen molar-refractivity contribution < 1.29 is 8.85 Å². The van der Waals surface area contributed by atoms with Gasteiger partial charge in [-0.1, -0.05) is 110 Å². The van der Waals surface area contributed by atoms with Crippen LogP contribution in [0.2, 0.25) is 6.55 Å². The van der Waals surface area contributed by atoms with Gasteiger partial charge in [0.2, 0.25) is 0 Å². The summed E-state index contributed by atoms with van der Waals surface area (Å²) in [4.78, 5) is 0. The molecule has 27 heavy (non-hydrogen) atoms. The van der Waals surface area contributed by atoms with Gasteiger partial charge in [0, 0.05) is 13.2 Å². The molecule has 1 atom stereocenters. The average molecular weight is 399 g/mol. The normalized spacial score (nSPS) is 13.6. The second-order valence-electron chi connectivity index (χ2n) is 8.22. The lowest BCUT2D eigenvalue weighted by molar-refractivity contribution is 0.177. The van der Waals surface area contributed by atoms with Crippen LogP contribution in [-0.2, 0) is 8.85 Å². The maximum Gasteiger partial charge on any atom is 0.361 e. The van der Waals surface area contributed by atoms with Crippen LogP contribution in [0.5, 0.6) is 0 Å². The molecule has 0 heterocycles. The van der Waals surface area contributed by atoms with E-state index in [0.717, 1.165) is 26.1 Å². The van der Waals surface area contributed by atoms with Gasteiger partial charge in [-0.3, -0.25) is 0 Å². The van der Waals surface area contributed by atoms with Gasteiger partial charge < -0.3 is 8.85 Å². The molecule has 0 fully saturated rings. The van der Waals surface area contributed by atoms with Gasteiger partial charge in [0.05, 0.1) is 0 Å². The fourth-order valence-electron chi connectivity index (χ4n) is 3.36. The van der Waals surface area contributed by atoms with E-state index in [4.69, 9.17) is 8.85 Å². The van der Waals surface area contributed by atoms with E-state index in [1.54, 1.807) is 0 Å². The van der Waals surface area contributed by atoms with Crippen LogP contribution in [0.3, 0.4) is 0 Å². The monoisotopic (exact) mass is 398 g/mol. The molecule has 0 aliphatic heterocycles. The molecule has 3 heteroatoms. The second-order valence-corrected chi connectivity index (χ2v) is 11.2. The van der Waals surface area contributed by atoms with Crippen LogP contribution in [-0.4, -0.2) is 21.8 Å². The fraction of sp³-hybridized carbons (Fsp3) is 0.917. The van der Waals surface area contributed by atoms with E-state index in [2.05, 4.69) is 27.0 Å². The number of rotatable bonds is 22. The molecular weight excluding hydrogens is 348 g/mol. The minimum Gasteiger partial charge on any atom is -0.391 e. The van der Waals surface area contributed by atoms with Gasteiger partial charge in [-0.05, 0) is 25.1 Å². The van der Waals surface area contributed by atoms with E-state index in [-0.39, 0.29) is 0 Å². The molecule has 162 valence electrons. The lowest BCUT2D eigenvalue weighted by Gasteiger charge is -2.23. The van der Waals surface area contributed by atoms with Crippen molar-refractivity contribution in [2.24, 2.45) is 0 Å². The maximum atomic E-state index is 6.11. The summed E-state index contributed by atoms with van der Waals surface area (Å²) < 4.78 is 12.2. The standard InChI is InChI=1S/C24H50O2Si/c1-5-8-10-12-14-15-16-17-18-20-22-24-26-27(4,7-3)25-23-21-19-13-11-9-6-2/h7H,3,5-6,8-24H2,1-2,4H3. The number of hydrogen-bond donors (Lipinski definition) is 0. The van der Waals surface area contributed by atoms with Crippen LogP contribution in [0.1, 0.15) is 123 Å². The highest BCUT2D eigenvalue weighted by Gasteiger charge is 2.26. The second kappa shape index (κ2) is 20.6. The van der Waals surface area contributed by atoms with Crippen LogP contribution in [0, 0.1) is 0 Å². The lowest BCUT2D eigenvalue weighted by atomic mass is 10.1. The van der Waals surface area contributed by atoms with E-state index in [9.17, 15) is 0 Å². The first-order valence-corrected chi connectivity index (χ1v) is 14.5. The van der Waals surface area contributed by atoms with Crippen molar-refractivity contribution in [3.63, 3.8) is 0 Å². The highest BCUT2D eigenvalue weighted by Crippen LogP contribution is 2.14. The van der Waals surface area contributed by atoms with Crippen LogP contribution in [0.15, 0.2) is 12.3 Å². The Kier molecular flexibility index (Phi) is 20.5. The van der Waals surface area contributed by atoms with Gasteiger partial charge in [0.25, 0.3) is 0 Å². The largest absolute Gasteiger partial charge is 0.391 e. The molecule has 0 aromatic heterocycles. The summed E-state index contributed by atoms with van der Waals surface area (Å²) in [6, 6.07) is 0. The molecule has 0 amide bonds. The SMILES string of the molecule is C=C[Si](C)(OCCCCCCCC)OCCCCCCCCCCCCC. The van der Waals surface area contributed by atoms with Crippen molar-refractivity contribution in [3.8, 4) is 0 Å². The minimum atomic E-state index is -2.13. The molecule has 0 saturated heterocycles. The Morgan fingerprint density at radius 3 is 1.15 bits per heavy atom. The Morgan fingerprint density at radius 2 is 0.852 bits per heavy atom. The zero-order chi connectivity index (χ0) is 20.1. The molecule has 0 spiro atoms. The molecule has 0 N–H and O–H groups in total. The predicted octanol–water partition coefficient (Wildman–Crippen LogP) is 8.49. The number of hydrogen-bond acceptors (Lipinski definition) is 2. The molecule has 0 bridgehead atoms. The summed E-state index contributed by atoms with van der Waals surface area (Å²) in [5.41, 5.74) is 1.95. The number of unbranched alkanes of at least 4 members (excludes halogenated alkanes) is 15. The Bertz CT molecular complexity index is 309. The first kappa shape index (κ1) is 26.9. The molecule has 0 aliphatic carbocycles. The van der Waals surface area contributed by atoms with Crippen molar-refractivity contribution in [3.05, 3.63) is 12.3 Å². The maximum absolute atomic E-state index is 6.11. The van der Waals surface area contributed by atoms with Crippen molar-refractivity contribution >= 4 is 8.56 Å².